The number of carboxylic acids is 1. The molecule has 25 heavy (non-hydrogen) atoms. The number of rotatable bonds is 6. The standard InChI is InChI=1S/C16H22N2O5S2/c19-14(17-13-5-3-4-12(13)16(20)21)10-11-6-7-15(24-11)25(22,23)18-8-1-2-9-18/h6-7,12-13H,1-5,8-10H2,(H,17,19)(H,20,21)/t12-,13+/m1/s1. The highest BCUT2D eigenvalue weighted by atomic mass is 32.2. The maximum atomic E-state index is 12.5. The zero-order valence-corrected chi connectivity index (χ0v) is 15.4. The number of thiophene rings is 1. The second kappa shape index (κ2) is 7.43. The molecule has 2 fully saturated rings. The lowest BCUT2D eigenvalue weighted by Gasteiger charge is -2.17. The minimum atomic E-state index is -3.45. The van der Waals surface area contributed by atoms with Crippen molar-refractivity contribution < 1.29 is 23.1 Å². The predicted octanol–water partition coefficient (Wildman–Crippen LogP) is 1.44. The summed E-state index contributed by atoms with van der Waals surface area (Å²) in [5.74, 6) is -1.67. The van der Waals surface area contributed by atoms with Crippen molar-refractivity contribution in [2.75, 3.05) is 13.1 Å². The van der Waals surface area contributed by atoms with Crippen molar-refractivity contribution in [2.45, 2.75) is 48.8 Å². The molecule has 7 nitrogen and oxygen atoms in total. The van der Waals surface area contributed by atoms with E-state index in [-0.39, 0.29) is 22.6 Å². The largest absolute Gasteiger partial charge is 0.481 e. The fourth-order valence-electron chi connectivity index (χ4n) is 3.49. The second-order valence-electron chi connectivity index (χ2n) is 6.56. The summed E-state index contributed by atoms with van der Waals surface area (Å²) in [7, 11) is -3.45. The first-order valence-corrected chi connectivity index (χ1v) is 10.7. The van der Waals surface area contributed by atoms with Crippen molar-refractivity contribution in [1.82, 2.24) is 9.62 Å². The molecule has 1 aliphatic carbocycles. The molecule has 1 saturated heterocycles. The van der Waals surface area contributed by atoms with Crippen LogP contribution in [0.5, 0.6) is 0 Å². The molecular weight excluding hydrogens is 364 g/mol. The number of hydrogen-bond donors (Lipinski definition) is 2. The number of nitrogens with one attached hydrogen (secondary N) is 1. The molecule has 138 valence electrons. The summed E-state index contributed by atoms with van der Waals surface area (Å²) >= 11 is 1.11. The molecule has 3 rings (SSSR count). The van der Waals surface area contributed by atoms with Crippen LogP contribution in [0, 0.1) is 5.92 Å². The lowest BCUT2D eigenvalue weighted by atomic mass is 10.0. The Kier molecular flexibility index (Phi) is 5.45. The fraction of sp³-hybridized carbons (Fsp3) is 0.625. The predicted molar refractivity (Wildman–Crippen MR) is 92.9 cm³/mol. The smallest absolute Gasteiger partial charge is 0.308 e. The highest BCUT2D eigenvalue weighted by Crippen LogP contribution is 2.28. The summed E-state index contributed by atoms with van der Waals surface area (Å²) in [6, 6.07) is 2.88. The van der Waals surface area contributed by atoms with Crippen LogP contribution in [0.25, 0.3) is 0 Å². The van der Waals surface area contributed by atoms with E-state index in [1.54, 1.807) is 12.1 Å². The van der Waals surface area contributed by atoms with Gasteiger partial charge < -0.3 is 10.4 Å². The zero-order chi connectivity index (χ0) is 18.0. The molecule has 0 aromatic carbocycles. The van der Waals surface area contributed by atoms with Crippen LogP contribution in [-0.2, 0) is 26.0 Å². The number of carbonyl (C=O) groups is 2. The van der Waals surface area contributed by atoms with Crippen LogP contribution in [0.2, 0.25) is 0 Å². The molecular formula is C16H22N2O5S2. The molecule has 0 spiro atoms. The van der Waals surface area contributed by atoms with Gasteiger partial charge in [0, 0.05) is 24.0 Å². The van der Waals surface area contributed by atoms with Crippen molar-refractivity contribution in [3.63, 3.8) is 0 Å². The van der Waals surface area contributed by atoms with Gasteiger partial charge in [-0.3, -0.25) is 9.59 Å². The molecule has 1 aromatic rings. The van der Waals surface area contributed by atoms with Crippen molar-refractivity contribution in [2.24, 2.45) is 5.92 Å². The summed E-state index contributed by atoms with van der Waals surface area (Å²) < 4.78 is 26.8. The Balaban J connectivity index is 1.61. The molecule has 1 aliphatic heterocycles. The van der Waals surface area contributed by atoms with E-state index in [1.807, 2.05) is 0 Å². The Morgan fingerprint density at radius 3 is 2.60 bits per heavy atom. The van der Waals surface area contributed by atoms with E-state index in [2.05, 4.69) is 5.32 Å². The van der Waals surface area contributed by atoms with E-state index in [0.717, 1.165) is 30.6 Å². The molecule has 0 radical (unpaired) electrons. The molecule has 1 saturated carbocycles. The minimum absolute atomic E-state index is 0.0724. The first kappa shape index (κ1) is 18.3. The molecule has 1 aromatic heterocycles. The molecule has 2 atom stereocenters. The van der Waals surface area contributed by atoms with Crippen molar-refractivity contribution in [1.29, 1.82) is 0 Å². The van der Waals surface area contributed by atoms with Gasteiger partial charge in [0.05, 0.1) is 12.3 Å². The van der Waals surface area contributed by atoms with E-state index >= 15 is 0 Å². The van der Waals surface area contributed by atoms with E-state index in [1.165, 1.54) is 4.31 Å². The second-order valence-corrected chi connectivity index (χ2v) is 9.89. The van der Waals surface area contributed by atoms with Crippen molar-refractivity contribution in [3.8, 4) is 0 Å². The molecule has 2 N–H and O–H groups in total. The Morgan fingerprint density at radius 1 is 1.20 bits per heavy atom. The van der Waals surface area contributed by atoms with Gasteiger partial charge >= 0.3 is 5.97 Å². The maximum absolute atomic E-state index is 12.5. The monoisotopic (exact) mass is 386 g/mol. The van der Waals surface area contributed by atoms with Crippen molar-refractivity contribution >= 4 is 33.2 Å². The Morgan fingerprint density at radius 2 is 1.92 bits per heavy atom. The van der Waals surface area contributed by atoms with Gasteiger partial charge in [0.1, 0.15) is 4.21 Å². The lowest BCUT2D eigenvalue weighted by Crippen LogP contribution is -2.40. The van der Waals surface area contributed by atoms with Crippen LogP contribution < -0.4 is 5.32 Å². The van der Waals surface area contributed by atoms with Gasteiger partial charge in [0.25, 0.3) is 10.0 Å². The van der Waals surface area contributed by atoms with Crippen molar-refractivity contribution in [3.05, 3.63) is 17.0 Å². The zero-order valence-electron chi connectivity index (χ0n) is 13.8. The quantitative estimate of drug-likeness (QED) is 0.770. The number of amides is 1. The Hall–Kier alpha value is -1.45. The molecule has 0 unspecified atom stereocenters. The topological polar surface area (TPSA) is 104 Å². The SMILES string of the molecule is O=C(Cc1ccc(S(=O)(=O)N2CCCC2)s1)N[C@H]1CCC[C@H]1C(=O)O. The molecule has 0 bridgehead atoms. The number of carbonyl (C=O) groups excluding carboxylic acids is 1. The van der Waals surface area contributed by atoms with Gasteiger partial charge in [-0.1, -0.05) is 6.42 Å². The number of carboxylic acid groups (broad SMARTS) is 1. The third-order valence-corrected chi connectivity index (χ3v) is 8.26. The first-order valence-electron chi connectivity index (χ1n) is 8.49. The summed E-state index contributed by atoms with van der Waals surface area (Å²) in [4.78, 5) is 24.0. The van der Waals surface area contributed by atoms with Gasteiger partial charge in [-0.05, 0) is 37.8 Å². The average Bonchev–Trinajstić information content (AvgIpc) is 3.28. The summed E-state index contributed by atoms with van der Waals surface area (Å²) in [5, 5.41) is 12.0. The van der Waals surface area contributed by atoms with E-state index in [0.29, 0.717) is 30.8 Å². The van der Waals surface area contributed by atoms with E-state index in [4.69, 9.17) is 5.11 Å². The summed E-state index contributed by atoms with van der Waals surface area (Å²) in [6.07, 6.45) is 3.87. The van der Waals surface area contributed by atoms with Gasteiger partial charge in [-0.15, -0.1) is 11.3 Å². The van der Waals surface area contributed by atoms with E-state index < -0.39 is 21.9 Å². The summed E-state index contributed by atoms with van der Waals surface area (Å²) in [5.41, 5.74) is 0. The minimum Gasteiger partial charge on any atom is -0.481 e. The lowest BCUT2D eigenvalue weighted by molar-refractivity contribution is -0.142. The normalized spacial score (nSPS) is 24.5. The van der Waals surface area contributed by atoms with Crippen LogP contribution in [0.4, 0.5) is 0 Å². The molecule has 2 aliphatic rings. The fourth-order valence-corrected chi connectivity index (χ4v) is 6.52. The van der Waals surface area contributed by atoms with Gasteiger partial charge in [0.15, 0.2) is 0 Å². The number of aliphatic carboxylic acids is 1. The summed E-state index contributed by atoms with van der Waals surface area (Å²) in [6.45, 7) is 1.10. The average molecular weight is 386 g/mol. The third-order valence-electron chi connectivity index (χ3n) is 4.81. The Bertz CT molecular complexity index is 752. The maximum Gasteiger partial charge on any atom is 0.308 e. The highest BCUT2D eigenvalue weighted by molar-refractivity contribution is 7.91. The first-order chi connectivity index (χ1) is 11.9. The molecule has 9 heteroatoms. The Labute approximate surface area is 151 Å². The molecule has 1 amide bonds. The highest BCUT2D eigenvalue weighted by Gasteiger charge is 2.34. The third kappa shape index (κ3) is 4.04. The van der Waals surface area contributed by atoms with E-state index in [9.17, 15) is 18.0 Å². The number of nitrogens with zero attached hydrogens (tertiary/aromatic N) is 1. The van der Waals surface area contributed by atoms with Crippen LogP contribution in [0.3, 0.4) is 0 Å². The van der Waals surface area contributed by atoms with Gasteiger partial charge in [-0.25, -0.2) is 8.42 Å². The van der Waals surface area contributed by atoms with Gasteiger partial charge in [0.2, 0.25) is 5.91 Å². The van der Waals surface area contributed by atoms with Crippen LogP contribution in [0.15, 0.2) is 16.3 Å². The van der Waals surface area contributed by atoms with Crippen LogP contribution >= 0.6 is 11.3 Å². The van der Waals surface area contributed by atoms with Crippen LogP contribution in [-0.4, -0.2) is 48.8 Å². The van der Waals surface area contributed by atoms with Crippen LogP contribution in [0.1, 0.15) is 37.0 Å². The number of hydrogen-bond acceptors (Lipinski definition) is 5. The number of sulfonamides is 1. The van der Waals surface area contributed by atoms with Gasteiger partial charge in [-0.2, -0.15) is 4.31 Å². The molecule has 2 heterocycles.